The molecule has 0 bridgehead atoms. The molecule has 1 saturated carbocycles. The molecule has 0 unspecified atom stereocenters. The van der Waals surface area contributed by atoms with Crippen LogP contribution in [0.3, 0.4) is 0 Å². The average Bonchev–Trinajstić information content (AvgIpc) is 3.16. The molecule has 1 amide bonds. The molecule has 0 N–H and O–H groups in total. The summed E-state index contributed by atoms with van der Waals surface area (Å²) in [5, 5.41) is 3.80. The quantitative estimate of drug-likeness (QED) is 0.740. The Kier molecular flexibility index (Phi) is 6.00. The lowest BCUT2D eigenvalue weighted by Gasteiger charge is -2.40. The fraction of sp³-hybridized carbons (Fsp3) is 0.478. The van der Waals surface area contributed by atoms with E-state index in [0.29, 0.717) is 12.5 Å². The Morgan fingerprint density at radius 2 is 1.97 bits per heavy atom. The van der Waals surface area contributed by atoms with Gasteiger partial charge < -0.3 is 14.2 Å². The van der Waals surface area contributed by atoms with Gasteiger partial charge in [0, 0.05) is 33.2 Å². The second-order valence-electron chi connectivity index (χ2n) is 8.18. The van der Waals surface area contributed by atoms with E-state index in [4.69, 9.17) is 9.26 Å². The second-order valence-corrected chi connectivity index (χ2v) is 8.18. The van der Waals surface area contributed by atoms with Gasteiger partial charge in [0.1, 0.15) is 6.61 Å². The molecule has 6 heteroatoms. The number of ether oxygens (including phenoxy) is 1. The number of nitrogens with zero attached hydrogens (tertiary/aromatic N) is 3. The van der Waals surface area contributed by atoms with Gasteiger partial charge in [-0.05, 0) is 42.0 Å². The number of hydrogen-bond acceptors (Lipinski definition) is 5. The zero-order valence-corrected chi connectivity index (χ0v) is 17.3. The molecule has 0 atom stereocenters. The summed E-state index contributed by atoms with van der Waals surface area (Å²) in [5.41, 5.74) is 3.84. The summed E-state index contributed by atoms with van der Waals surface area (Å²) in [6.45, 7) is 2.80. The van der Waals surface area contributed by atoms with Crippen LogP contribution in [-0.2, 0) is 6.61 Å². The Balaban J connectivity index is 1.28. The van der Waals surface area contributed by atoms with E-state index in [1.807, 2.05) is 0 Å². The molecule has 2 heterocycles. The predicted molar refractivity (Wildman–Crippen MR) is 112 cm³/mol. The third-order valence-electron chi connectivity index (χ3n) is 5.87. The first-order valence-electron chi connectivity index (χ1n) is 10.4. The van der Waals surface area contributed by atoms with Crippen molar-refractivity contribution in [2.75, 3.05) is 27.2 Å². The van der Waals surface area contributed by atoms with E-state index in [1.165, 1.54) is 61.7 Å². The highest BCUT2D eigenvalue weighted by molar-refractivity contribution is 5.91. The normalized spacial score (nSPS) is 17.7. The van der Waals surface area contributed by atoms with Gasteiger partial charge in [-0.15, -0.1) is 0 Å². The molecule has 1 saturated heterocycles. The maximum Gasteiger partial charge on any atom is 0.292 e. The molecule has 154 valence electrons. The number of rotatable bonds is 6. The lowest BCUT2D eigenvalue weighted by Crippen LogP contribution is -2.43. The van der Waals surface area contributed by atoms with Crippen molar-refractivity contribution in [2.45, 2.75) is 44.8 Å². The lowest BCUT2D eigenvalue weighted by molar-refractivity contribution is 0.0786. The predicted octanol–water partition coefficient (Wildman–Crippen LogP) is 3.99. The highest BCUT2D eigenvalue weighted by atomic mass is 16.5. The summed E-state index contributed by atoms with van der Waals surface area (Å²) in [4.78, 5) is 15.9. The summed E-state index contributed by atoms with van der Waals surface area (Å²) in [7, 11) is 3.33. The van der Waals surface area contributed by atoms with Crippen molar-refractivity contribution in [3.05, 3.63) is 52.8 Å². The van der Waals surface area contributed by atoms with Crippen molar-refractivity contribution in [3.8, 4) is 5.88 Å². The lowest BCUT2D eigenvalue weighted by atomic mass is 9.89. The Labute approximate surface area is 172 Å². The number of benzene rings is 1. The number of hydrogen-bond donors (Lipinski definition) is 0. The van der Waals surface area contributed by atoms with Crippen molar-refractivity contribution < 1.29 is 14.1 Å². The number of aromatic nitrogens is 1. The van der Waals surface area contributed by atoms with Crippen LogP contribution >= 0.6 is 0 Å². The summed E-state index contributed by atoms with van der Waals surface area (Å²) in [6, 6.07) is 10.8. The number of carbonyl (C=O) groups is 1. The smallest absolute Gasteiger partial charge is 0.292 e. The van der Waals surface area contributed by atoms with Crippen molar-refractivity contribution in [1.82, 2.24) is 15.0 Å². The second kappa shape index (κ2) is 8.82. The van der Waals surface area contributed by atoms with E-state index in [-0.39, 0.29) is 11.7 Å². The highest BCUT2D eigenvalue weighted by Gasteiger charge is 2.26. The topological polar surface area (TPSA) is 58.8 Å². The number of likely N-dealkylation sites (tertiary alicyclic amines) is 1. The molecular weight excluding hydrogens is 366 g/mol. The van der Waals surface area contributed by atoms with E-state index in [1.54, 1.807) is 19.7 Å². The molecule has 4 rings (SSSR count). The van der Waals surface area contributed by atoms with Gasteiger partial charge in [0.15, 0.2) is 0 Å². The summed E-state index contributed by atoms with van der Waals surface area (Å²) < 4.78 is 10.7. The van der Waals surface area contributed by atoms with Gasteiger partial charge in [-0.2, -0.15) is 0 Å². The molecule has 2 fully saturated rings. The monoisotopic (exact) mass is 395 g/mol. The standard InChI is InChI=1S/C23H29N3O3/c1-25(2)23(27)21-15-22(24-29-21)28-16-19-8-6-17(7-9-19)14-18-10-12-26(13-11-18)20-4-3-5-20/h6-9,14-15,20H,3-5,10-13,16H2,1-2H3. The first-order valence-corrected chi connectivity index (χ1v) is 10.4. The van der Waals surface area contributed by atoms with Gasteiger partial charge >= 0.3 is 0 Å². The zero-order chi connectivity index (χ0) is 20.2. The summed E-state index contributed by atoms with van der Waals surface area (Å²) in [6.07, 6.45) is 8.89. The Morgan fingerprint density at radius 3 is 2.59 bits per heavy atom. The van der Waals surface area contributed by atoms with Crippen LogP contribution < -0.4 is 4.74 Å². The van der Waals surface area contributed by atoms with E-state index < -0.39 is 0 Å². The fourth-order valence-corrected chi connectivity index (χ4v) is 3.82. The van der Waals surface area contributed by atoms with E-state index in [9.17, 15) is 4.79 Å². The average molecular weight is 396 g/mol. The molecule has 1 aliphatic carbocycles. The zero-order valence-electron chi connectivity index (χ0n) is 17.3. The number of piperidine rings is 1. The van der Waals surface area contributed by atoms with Crippen LogP contribution in [0.4, 0.5) is 0 Å². The molecule has 1 aromatic heterocycles. The Hall–Kier alpha value is -2.60. The minimum absolute atomic E-state index is 0.176. The first kappa shape index (κ1) is 19.7. The minimum atomic E-state index is -0.233. The number of carbonyl (C=O) groups excluding carboxylic acids is 1. The maximum atomic E-state index is 11.8. The van der Waals surface area contributed by atoms with Gasteiger partial charge in [0.25, 0.3) is 11.8 Å². The molecule has 2 aromatic rings. The molecule has 2 aliphatic rings. The van der Waals surface area contributed by atoms with Crippen LogP contribution in [0.5, 0.6) is 5.88 Å². The molecule has 29 heavy (non-hydrogen) atoms. The van der Waals surface area contributed by atoms with Crippen molar-refractivity contribution in [2.24, 2.45) is 0 Å². The SMILES string of the molecule is CN(C)C(=O)c1cc(OCc2ccc(C=C3CCN(C4CCC4)CC3)cc2)no1. The van der Waals surface area contributed by atoms with Gasteiger partial charge in [0.2, 0.25) is 5.76 Å². The third-order valence-corrected chi connectivity index (χ3v) is 5.87. The molecule has 0 radical (unpaired) electrons. The summed E-state index contributed by atoms with van der Waals surface area (Å²) >= 11 is 0. The first-order chi connectivity index (χ1) is 14.1. The molecular formula is C23H29N3O3. The Bertz CT molecular complexity index is 856. The van der Waals surface area contributed by atoms with E-state index in [2.05, 4.69) is 40.4 Å². The van der Waals surface area contributed by atoms with E-state index in [0.717, 1.165) is 11.6 Å². The largest absolute Gasteiger partial charge is 0.471 e. The molecule has 6 nitrogen and oxygen atoms in total. The molecule has 0 spiro atoms. The van der Waals surface area contributed by atoms with Crippen molar-refractivity contribution in [3.63, 3.8) is 0 Å². The van der Waals surface area contributed by atoms with Gasteiger partial charge in [-0.1, -0.05) is 42.3 Å². The van der Waals surface area contributed by atoms with Crippen molar-refractivity contribution in [1.29, 1.82) is 0 Å². The minimum Gasteiger partial charge on any atom is -0.471 e. The number of amides is 1. The van der Waals surface area contributed by atoms with Crippen LogP contribution in [0.2, 0.25) is 0 Å². The van der Waals surface area contributed by atoms with Crippen LogP contribution in [0.1, 0.15) is 53.8 Å². The van der Waals surface area contributed by atoms with Crippen LogP contribution in [-0.4, -0.2) is 54.1 Å². The van der Waals surface area contributed by atoms with Gasteiger partial charge in [-0.3, -0.25) is 9.69 Å². The van der Waals surface area contributed by atoms with Crippen LogP contribution in [0.15, 0.2) is 40.4 Å². The van der Waals surface area contributed by atoms with Gasteiger partial charge in [0.05, 0.1) is 6.07 Å². The van der Waals surface area contributed by atoms with Crippen LogP contribution in [0.25, 0.3) is 6.08 Å². The van der Waals surface area contributed by atoms with Crippen molar-refractivity contribution >= 4 is 12.0 Å². The highest BCUT2D eigenvalue weighted by Crippen LogP contribution is 2.29. The summed E-state index contributed by atoms with van der Waals surface area (Å²) in [5.74, 6) is 0.262. The van der Waals surface area contributed by atoms with E-state index >= 15 is 0 Å². The molecule has 1 aromatic carbocycles. The van der Waals surface area contributed by atoms with Crippen LogP contribution in [0, 0.1) is 0 Å². The Morgan fingerprint density at radius 1 is 1.24 bits per heavy atom. The molecule has 1 aliphatic heterocycles. The third kappa shape index (κ3) is 4.88. The van der Waals surface area contributed by atoms with Gasteiger partial charge in [-0.25, -0.2) is 0 Å². The maximum absolute atomic E-state index is 11.8. The fourth-order valence-electron chi connectivity index (χ4n) is 3.82.